The molecule has 2 aromatic carbocycles. The number of pyridine rings is 1. The van der Waals surface area contributed by atoms with E-state index in [1.54, 1.807) is 38.6 Å². The summed E-state index contributed by atoms with van der Waals surface area (Å²) in [5.74, 6) is 1.68. The predicted octanol–water partition coefficient (Wildman–Crippen LogP) is 5.40. The Hall–Kier alpha value is -3.22. The van der Waals surface area contributed by atoms with E-state index in [9.17, 15) is 13.2 Å². The molecule has 28 heavy (non-hydrogen) atoms. The zero-order chi connectivity index (χ0) is 20.1. The molecule has 1 N–H and O–H groups in total. The van der Waals surface area contributed by atoms with Gasteiger partial charge < -0.3 is 14.8 Å². The minimum absolute atomic E-state index is 0.0120. The van der Waals surface area contributed by atoms with Crippen molar-refractivity contribution < 1.29 is 22.6 Å². The van der Waals surface area contributed by atoms with E-state index < -0.39 is 11.7 Å². The third kappa shape index (κ3) is 4.36. The molecule has 0 aliphatic heterocycles. The van der Waals surface area contributed by atoms with E-state index in [4.69, 9.17) is 9.47 Å². The number of anilines is 1. The molecule has 0 bridgehead atoms. The van der Waals surface area contributed by atoms with Gasteiger partial charge in [-0.2, -0.15) is 13.2 Å². The van der Waals surface area contributed by atoms with Crippen molar-refractivity contribution in [3.63, 3.8) is 0 Å². The second-order valence-corrected chi connectivity index (χ2v) is 6.01. The fraction of sp³-hybridized carbons (Fsp3) is 0.190. The standard InChI is InChI=1S/C21H19F3N2O2/c1-27-18-8-7-14(11-19(18)28-2)15-9-10-25-20(12-15)26-13-16-5-3-4-6-17(16)21(22,23)24/h3-12H,13H2,1-2H3,(H,25,26). The number of ether oxygens (including phenoxy) is 2. The maximum atomic E-state index is 13.1. The number of benzene rings is 2. The van der Waals surface area contributed by atoms with Gasteiger partial charge in [-0.25, -0.2) is 4.98 Å². The molecule has 0 aliphatic rings. The normalized spacial score (nSPS) is 11.2. The van der Waals surface area contributed by atoms with Gasteiger partial charge in [-0.05, 0) is 47.0 Å². The van der Waals surface area contributed by atoms with E-state index in [-0.39, 0.29) is 12.1 Å². The molecule has 0 amide bonds. The Balaban J connectivity index is 1.82. The molecule has 0 saturated carbocycles. The molecule has 146 valence electrons. The summed E-state index contributed by atoms with van der Waals surface area (Å²) in [6.07, 6.45) is -2.79. The van der Waals surface area contributed by atoms with Gasteiger partial charge in [0.25, 0.3) is 0 Å². The highest BCUT2D eigenvalue weighted by Gasteiger charge is 2.32. The van der Waals surface area contributed by atoms with E-state index >= 15 is 0 Å². The smallest absolute Gasteiger partial charge is 0.416 e. The van der Waals surface area contributed by atoms with Crippen molar-refractivity contribution in [1.82, 2.24) is 4.98 Å². The molecule has 7 heteroatoms. The van der Waals surface area contributed by atoms with Gasteiger partial charge in [0.1, 0.15) is 5.82 Å². The Morgan fingerprint density at radius 2 is 1.61 bits per heavy atom. The average Bonchev–Trinajstić information content (AvgIpc) is 2.71. The number of alkyl halides is 3. The van der Waals surface area contributed by atoms with E-state index in [0.29, 0.717) is 17.3 Å². The number of nitrogens with one attached hydrogen (secondary N) is 1. The van der Waals surface area contributed by atoms with E-state index in [0.717, 1.165) is 17.2 Å². The van der Waals surface area contributed by atoms with Crippen molar-refractivity contribution in [2.24, 2.45) is 0 Å². The van der Waals surface area contributed by atoms with Crippen molar-refractivity contribution in [1.29, 1.82) is 0 Å². The number of hydrogen-bond acceptors (Lipinski definition) is 4. The van der Waals surface area contributed by atoms with Gasteiger partial charge in [-0.3, -0.25) is 0 Å². The van der Waals surface area contributed by atoms with Crippen LogP contribution < -0.4 is 14.8 Å². The highest BCUT2D eigenvalue weighted by molar-refractivity contribution is 5.69. The molecule has 3 aromatic rings. The van der Waals surface area contributed by atoms with Crippen LogP contribution >= 0.6 is 0 Å². The number of methoxy groups -OCH3 is 2. The van der Waals surface area contributed by atoms with Gasteiger partial charge in [-0.1, -0.05) is 24.3 Å². The number of aromatic nitrogens is 1. The Bertz CT molecular complexity index is 958. The fourth-order valence-corrected chi connectivity index (χ4v) is 2.86. The zero-order valence-electron chi connectivity index (χ0n) is 15.4. The molecular weight excluding hydrogens is 369 g/mol. The summed E-state index contributed by atoms with van der Waals surface area (Å²) in [4.78, 5) is 4.20. The van der Waals surface area contributed by atoms with Crippen LogP contribution in [0.2, 0.25) is 0 Å². The van der Waals surface area contributed by atoms with Gasteiger partial charge in [0.15, 0.2) is 11.5 Å². The first-order valence-corrected chi connectivity index (χ1v) is 8.50. The summed E-state index contributed by atoms with van der Waals surface area (Å²) >= 11 is 0. The lowest BCUT2D eigenvalue weighted by Gasteiger charge is -2.14. The summed E-state index contributed by atoms with van der Waals surface area (Å²) in [5.41, 5.74) is 1.23. The van der Waals surface area contributed by atoms with Crippen LogP contribution in [0, 0.1) is 0 Å². The summed E-state index contributed by atoms with van der Waals surface area (Å²) < 4.78 is 49.9. The van der Waals surface area contributed by atoms with Gasteiger partial charge in [-0.15, -0.1) is 0 Å². The number of hydrogen-bond donors (Lipinski definition) is 1. The summed E-state index contributed by atoms with van der Waals surface area (Å²) in [6.45, 7) is 0.0120. The molecule has 0 unspecified atom stereocenters. The highest BCUT2D eigenvalue weighted by atomic mass is 19.4. The van der Waals surface area contributed by atoms with Crippen molar-refractivity contribution in [2.45, 2.75) is 12.7 Å². The molecular formula is C21H19F3N2O2. The van der Waals surface area contributed by atoms with Crippen LogP contribution in [0.1, 0.15) is 11.1 Å². The number of nitrogens with zero attached hydrogens (tertiary/aromatic N) is 1. The van der Waals surface area contributed by atoms with Gasteiger partial charge in [0, 0.05) is 12.7 Å². The first-order valence-electron chi connectivity index (χ1n) is 8.50. The van der Waals surface area contributed by atoms with Crippen molar-refractivity contribution in [2.75, 3.05) is 19.5 Å². The number of rotatable bonds is 6. The Labute approximate surface area is 160 Å². The maximum absolute atomic E-state index is 13.1. The van der Waals surface area contributed by atoms with Crippen LogP contribution in [0.3, 0.4) is 0 Å². The second-order valence-electron chi connectivity index (χ2n) is 6.01. The molecule has 0 fully saturated rings. The fourth-order valence-electron chi connectivity index (χ4n) is 2.86. The first kappa shape index (κ1) is 19.5. The summed E-state index contributed by atoms with van der Waals surface area (Å²) in [6, 6.07) is 14.6. The molecule has 0 atom stereocenters. The number of halogens is 3. The summed E-state index contributed by atoms with van der Waals surface area (Å²) in [5, 5.41) is 2.97. The largest absolute Gasteiger partial charge is 0.493 e. The molecule has 0 aliphatic carbocycles. The minimum Gasteiger partial charge on any atom is -0.493 e. The molecule has 0 radical (unpaired) electrons. The molecule has 0 spiro atoms. The molecule has 1 aromatic heterocycles. The van der Waals surface area contributed by atoms with E-state index in [2.05, 4.69) is 10.3 Å². The van der Waals surface area contributed by atoms with Gasteiger partial charge in [0.2, 0.25) is 0 Å². The van der Waals surface area contributed by atoms with Crippen molar-refractivity contribution in [3.05, 3.63) is 71.9 Å². The second kappa shape index (κ2) is 8.21. The Morgan fingerprint density at radius 1 is 0.893 bits per heavy atom. The molecule has 0 saturated heterocycles. The van der Waals surface area contributed by atoms with Crippen molar-refractivity contribution >= 4 is 5.82 Å². The highest BCUT2D eigenvalue weighted by Crippen LogP contribution is 2.34. The minimum atomic E-state index is -4.40. The third-order valence-electron chi connectivity index (χ3n) is 4.26. The Morgan fingerprint density at radius 3 is 2.32 bits per heavy atom. The average molecular weight is 388 g/mol. The topological polar surface area (TPSA) is 43.4 Å². The van der Waals surface area contributed by atoms with E-state index in [1.165, 1.54) is 12.1 Å². The van der Waals surface area contributed by atoms with Crippen LogP contribution in [0.15, 0.2) is 60.8 Å². The molecule has 4 nitrogen and oxygen atoms in total. The van der Waals surface area contributed by atoms with Crippen LogP contribution in [-0.2, 0) is 12.7 Å². The predicted molar refractivity (Wildman–Crippen MR) is 102 cm³/mol. The quantitative estimate of drug-likeness (QED) is 0.614. The molecule has 1 heterocycles. The monoisotopic (exact) mass is 388 g/mol. The Kier molecular flexibility index (Phi) is 5.73. The maximum Gasteiger partial charge on any atom is 0.416 e. The lowest BCUT2D eigenvalue weighted by Crippen LogP contribution is -2.12. The SMILES string of the molecule is COc1ccc(-c2ccnc(NCc3ccccc3C(F)(F)F)c2)cc1OC. The summed E-state index contributed by atoms with van der Waals surface area (Å²) in [7, 11) is 3.12. The zero-order valence-corrected chi connectivity index (χ0v) is 15.4. The lowest BCUT2D eigenvalue weighted by molar-refractivity contribution is -0.138. The molecule has 3 rings (SSSR count). The lowest BCUT2D eigenvalue weighted by atomic mass is 10.1. The van der Waals surface area contributed by atoms with Crippen molar-refractivity contribution in [3.8, 4) is 22.6 Å². The van der Waals surface area contributed by atoms with Crippen LogP contribution in [0.5, 0.6) is 11.5 Å². The van der Waals surface area contributed by atoms with Crippen LogP contribution in [0.4, 0.5) is 19.0 Å². The third-order valence-corrected chi connectivity index (χ3v) is 4.26. The van der Waals surface area contributed by atoms with Gasteiger partial charge >= 0.3 is 6.18 Å². The van der Waals surface area contributed by atoms with Crippen LogP contribution in [-0.4, -0.2) is 19.2 Å². The van der Waals surface area contributed by atoms with Crippen LogP contribution in [0.25, 0.3) is 11.1 Å². The first-order chi connectivity index (χ1) is 13.4. The van der Waals surface area contributed by atoms with Gasteiger partial charge in [0.05, 0.1) is 19.8 Å². The van der Waals surface area contributed by atoms with E-state index in [1.807, 2.05) is 18.2 Å².